The summed E-state index contributed by atoms with van der Waals surface area (Å²) in [6.45, 7) is 2.57. The van der Waals surface area contributed by atoms with Crippen LogP contribution in [0.2, 0.25) is 0 Å². The number of benzene rings is 2. The van der Waals surface area contributed by atoms with Crippen molar-refractivity contribution in [1.29, 1.82) is 0 Å². The van der Waals surface area contributed by atoms with Gasteiger partial charge in [-0.1, -0.05) is 40.2 Å². The second-order valence-corrected chi connectivity index (χ2v) is 5.89. The molecular formula is C17H20BrNO2. The number of nitrogens with one attached hydrogen (secondary N) is 1. The van der Waals surface area contributed by atoms with Crippen molar-refractivity contribution in [3.05, 3.63) is 64.1 Å². The van der Waals surface area contributed by atoms with Crippen LogP contribution < -0.4 is 10.1 Å². The van der Waals surface area contributed by atoms with Crippen molar-refractivity contribution in [3.63, 3.8) is 0 Å². The van der Waals surface area contributed by atoms with Crippen LogP contribution in [0, 0.1) is 0 Å². The van der Waals surface area contributed by atoms with E-state index in [1.165, 1.54) is 0 Å². The molecule has 0 amide bonds. The average Bonchev–Trinajstić information content (AvgIpc) is 2.52. The van der Waals surface area contributed by atoms with Crippen LogP contribution in [0.25, 0.3) is 0 Å². The van der Waals surface area contributed by atoms with E-state index in [-0.39, 0.29) is 6.04 Å². The van der Waals surface area contributed by atoms with Crippen molar-refractivity contribution in [2.75, 3.05) is 13.7 Å². The minimum absolute atomic E-state index is 0.141. The maximum absolute atomic E-state index is 10.2. The van der Waals surface area contributed by atoms with Gasteiger partial charge in [-0.05, 0) is 42.3 Å². The zero-order valence-corrected chi connectivity index (χ0v) is 13.8. The monoisotopic (exact) mass is 349 g/mol. The Bertz CT molecular complexity index is 589. The molecule has 2 atom stereocenters. The van der Waals surface area contributed by atoms with Crippen molar-refractivity contribution >= 4 is 15.9 Å². The summed E-state index contributed by atoms with van der Waals surface area (Å²) in [5.41, 5.74) is 2.03. The molecular weight excluding hydrogens is 330 g/mol. The molecule has 2 aromatic carbocycles. The molecule has 0 bridgehead atoms. The van der Waals surface area contributed by atoms with E-state index in [0.29, 0.717) is 6.54 Å². The van der Waals surface area contributed by atoms with E-state index >= 15 is 0 Å². The van der Waals surface area contributed by atoms with Gasteiger partial charge in [0.05, 0.1) is 13.2 Å². The average molecular weight is 350 g/mol. The maximum atomic E-state index is 10.2. The van der Waals surface area contributed by atoms with E-state index in [9.17, 15) is 5.11 Å². The highest BCUT2D eigenvalue weighted by molar-refractivity contribution is 9.10. The zero-order chi connectivity index (χ0) is 15.2. The van der Waals surface area contributed by atoms with Crippen LogP contribution in [0.15, 0.2) is 53.0 Å². The molecule has 2 rings (SSSR count). The summed E-state index contributed by atoms with van der Waals surface area (Å²) in [5, 5.41) is 13.6. The summed E-state index contributed by atoms with van der Waals surface area (Å²) in [5.74, 6) is 0.841. The van der Waals surface area contributed by atoms with E-state index in [0.717, 1.165) is 21.3 Å². The molecule has 0 spiro atoms. The van der Waals surface area contributed by atoms with Gasteiger partial charge in [-0.2, -0.15) is 0 Å². The molecule has 2 N–H and O–H groups in total. The third-order valence-electron chi connectivity index (χ3n) is 3.44. The van der Waals surface area contributed by atoms with Gasteiger partial charge in [-0.15, -0.1) is 0 Å². The normalized spacial score (nSPS) is 13.7. The molecule has 0 saturated heterocycles. The van der Waals surface area contributed by atoms with Gasteiger partial charge in [-0.3, -0.25) is 0 Å². The molecule has 0 aliphatic rings. The number of aliphatic hydroxyl groups excluding tert-OH is 1. The van der Waals surface area contributed by atoms with Crippen molar-refractivity contribution in [1.82, 2.24) is 5.32 Å². The Labute approximate surface area is 134 Å². The Kier molecular flexibility index (Phi) is 5.79. The fourth-order valence-corrected chi connectivity index (χ4v) is 2.57. The fraction of sp³-hybridized carbons (Fsp3) is 0.294. The number of halogens is 1. The van der Waals surface area contributed by atoms with Gasteiger partial charge in [-0.25, -0.2) is 0 Å². The summed E-state index contributed by atoms with van der Waals surface area (Å²) in [4.78, 5) is 0. The van der Waals surface area contributed by atoms with Crippen LogP contribution in [-0.2, 0) is 0 Å². The molecule has 0 fully saturated rings. The van der Waals surface area contributed by atoms with Gasteiger partial charge < -0.3 is 15.2 Å². The Hall–Kier alpha value is -1.36. The highest BCUT2D eigenvalue weighted by Crippen LogP contribution is 2.21. The van der Waals surface area contributed by atoms with E-state index < -0.39 is 6.10 Å². The number of ether oxygens (including phenoxy) is 1. The Morgan fingerprint density at radius 3 is 2.57 bits per heavy atom. The molecule has 0 aliphatic heterocycles. The first-order valence-corrected chi connectivity index (χ1v) is 7.70. The van der Waals surface area contributed by atoms with E-state index in [1.807, 2.05) is 48.5 Å². The van der Waals surface area contributed by atoms with Crippen molar-refractivity contribution in [3.8, 4) is 5.75 Å². The van der Waals surface area contributed by atoms with E-state index in [1.54, 1.807) is 7.11 Å². The van der Waals surface area contributed by atoms with Crippen LogP contribution >= 0.6 is 15.9 Å². The van der Waals surface area contributed by atoms with Gasteiger partial charge in [0.25, 0.3) is 0 Å². The third-order valence-corrected chi connectivity index (χ3v) is 3.94. The van der Waals surface area contributed by atoms with Crippen LogP contribution in [0.5, 0.6) is 5.75 Å². The predicted molar refractivity (Wildman–Crippen MR) is 88.5 cm³/mol. The van der Waals surface area contributed by atoms with Crippen LogP contribution in [-0.4, -0.2) is 18.8 Å². The maximum Gasteiger partial charge on any atom is 0.119 e. The quantitative estimate of drug-likeness (QED) is 0.832. The summed E-state index contributed by atoms with van der Waals surface area (Å²) < 4.78 is 6.20. The van der Waals surface area contributed by atoms with Gasteiger partial charge >= 0.3 is 0 Å². The topological polar surface area (TPSA) is 41.5 Å². The van der Waals surface area contributed by atoms with Gasteiger partial charge in [0, 0.05) is 17.1 Å². The predicted octanol–water partition coefficient (Wildman–Crippen LogP) is 3.84. The van der Waals surface area contributed by atoms with Gasteiger partial charge in [0.1, 0.15) is 5.75 Å². The number of rotatable bonds is 6. The molecule has 0 heterocycles. The van der Waals surface area contributed by atoms with Crippen LogP contribution in [0.1, 0.15) is 30.2 Å². The second-order valence-electron chi connectivity index (χ2n) is 4.98. The lowest BCUT2D eigenvalue weighted by Gasteiger charge is -2.18. The lowest BCUT2D eigenvalue weighted by molar-refractivity contribution is 0.170. The highest BCUT2D eigenvalue weighted by Gasteiger charge is 2.11. The highest BCUT2D eigenvalue weighted by atomic mass is 79.9. The number of hydrogen-bond acceptors (Lipinski definition) is 3. The Morgan fingerprint density at radius 1 is 1.14 bits per heavy atom. The summed E-state index contributed by atoms with van der Waals surface area (Å²) in [6.07, 6.45) is -0.532. The lowest BCUT2D eigenvalue weighted by Crippen LogP contribution is -2.24. The summed E-state index contributed by atoms with van der Waals surface area (Å²) >= 11 is 3.42. The molecule has 1 unspecified atom stereocenters. The summed E-state index contributed by atoms with van der Waals surface area (Å²) in [6, 6.07) is 15.8. The standard InChI is InChI=1S/C17H20BrNO2/c1-12(13-5-4-8-16(10-13)21-2)19-11-17(20)14-6-3-7-15(18)9-14/h3-10,12,17,19-20H,11H2,1-2H3/t12-,17?/m1/s1. The molecule has 2 aromatic rings. The number of aliphatic hydroxyl groups is 1. The minimum atomic E-state index is -0.532. The molecule has 4 heteroatoms. The van der Waals surface area contributed by atoms with E-state index in [4.69, 9.17) is 4.74 Å². The van der Waals surface area contributed by atoms with Crippen LogP contribution in [0.4, 0.5) is 0 Å². The molecule has 0 radical (unpaired) electrons. The van der Waals surface area contributed by atoms with E-state index in [2.05, 4.69) is 28.2 Å². The zero-order valence-electron chi connectivity index (χ0n) is 12.2. The van der Waals surface area contributed by atoms with Gasteiger partial charge in [0.2, 0.25) is 0 Å². The SMILES string of the molecule is COc1cccc([C@@H](C)NCC(O)c2cccc(Br)c2)c1. The fourth-order valence-electron chi connectivity index (χ4n) is 2.15. The van der Waals surface area contributed by atoms with Gasteiger partial charge in [0.15, 0.2) is 0 Å². The first-order chi connectivity index (χ1) is 10.1. The first-order valence-electron chi connectivity index (χ1n) is 6.91. The molecule has 112 valence electrons. The second kappa shape index (κ2) is 7.59. The van der Waals surface area contributed by atoms with Crippen molar-refractivity contribution in [2.24, 2.45) is 0 Å². The molecule has 0 aliphatic carbocycles. The van der Waals surface area contributed by atoms with Crippen molar-refractivity contribution < 1.29 is 9.84 Å². The van der Waals surface area contributed by atoms with Crippen molar-refractivity contribution in [2.45, 2.75) is 19.1 Å². The molecule has 3 nitrogen and oxygen atoms in total. The lowest BCUT2D eigenvalue weighted by atomic mass is 10.1. The first kappa shape index (κ1) is 16.0. The number of hydrogen-bond donors (Lipinski definition) is 2. The minimum Gasteiger partial charge on any atom is -0.497 e. The smallest absolute Gasteiger partial charge is 0.119 e. The molecule has 0 saturated carbocycles. The largest absolute Gasteiger partial charge is 0.497 e. The third kappa shape index (κ3) is 4.56. The number of methoxy groups -OCH3 is 1. The summed E-state index contributed by atoms with van der Waals surface area (Å²) in [7, 11) is 1.66. The Balaban J connectivity index is 1.95. The Morgan fingerprint density at radius 2 is 1.86 bits per heavy atom. The molecule has 21 heavy (non-hydrogen) atoms. The molecule has 0 aromatic heterocycles. The van der Waals surface area contributed by atoms with Crippen LogP contribution in [0.3, 0.4) is 0 Å².